The molecule has 5 heterocycles. The van der Waals surface area contributed by atoms with Crippen LogP contribution in [0, 0.1) is 30.9 Å². The Bertz CT molecular complexity index is 1600. The molecule has 170 valence electrons. The van der Waals surface area contributed by atoms with Crippen LogP contribution in [0.2, 0.25) is 0 Å². The summed E-state index contributed by atoms with van der Waals surface area (Å²) in [5.74, 6) is 0.336. The number of rotatable bonds is 3. The number of hydrogen-bond donors (Lipinski definition) is 0. The smallest absolute Gasteiger partial charge is 0.258 e. The average molecular weight is 476 g/mol. The van der Waals surface area contributed by atoms with Crippen molar-refractivity contribution >= 4 is 43.1 Å². The minimum Gasteiger partial charge on any atom is -0.258 e. The van der Waals surface area contributed by atoms with E-state index in [0.29, 0.717) is 38.3 Å². The first-order valence-electron chi connectivity index (χ1n) is 9.69. The maximum Gasteiger partial charge on any atom is 0.433 e. The molecule has 0 fully saturated rings. The number of alkyl halides is 3. The molecule has 0 aliphatic rings. The fourth-order valence-electron chi connectivity index (χ4n) is 3.95. The van der Waals surface area contributed by atoms with Crippen LogP contribution in [0.15, 0.2) is 12.4 Å². The largest absolute Gasteiger partial charge is 0.433 e. The summed E-state index contributed by atoms with van der Waals surface area (Å²) >= 11 is 1.06. The monoisotopic (exact) mass is 476 g/mol. The van der Waals surface area contributed by atoms with Gasteiger partial charge in [0.15, 0.2) is 11.5 Å². The highest BCUT2D eigenvalue weighted by molar-refractivity contribution is 7.26. The van der Waals surface area contributed by atoms with Crippen LogP contribution in [0.5, 0.6) is 0 Å². The molecular weight excluding hydrogens is 461 g/mol. The van der Waals surface area contributed by atoms with Gasteiger partial charge in [0.1, 0.15) is 39.0 Å². The number of fused-ring (bicyclic) bond motifs is 5. The van der Waals surface area contributed by atoms with E-state index in [1.165, 1.54) is 15.5 Å². The fraction of sp³-hybridized carbons (Fsp3) is 0.316. The minimum atomic E-state index is -4.56. The molecule has 0 saturated carbocycles. The summed E-state index contributed by atoms with van der Waals surface area (Å²) in [4.78, 5) is 23.8. The number of nitrogens with zero attached hydrogens (tertiary/aromatic N) is 8. The summed E-state index contributed by atoms with van der Waals surface area (Å²) in [5.41, 5.74) is 0.942. The maximum absolute atomic E-state index is 13.2. The van der Waals surface area contributed by atoms with E-state index in [0.717, 1.165) is 17.4 Å². The molecule has 5 rings (SSSR count). The van der Waals surface area contributed by atoms with Crippen LogP contribution in [0.3, 0.4) is 0 Å². The molecule has 0 aliphatic carbocycles. The molecule has 0 radical (unpaired) electrons. The summed E-state index contributed by atoms with van der Waals surface area (Å²) in [6.45, 7) is 6.50. The standard InChI is InChI=1S/C19H15F3N8O2S/c1-7-5-11(19(20,21)22)24-18-12(7)13-15(33-18)17-25-16(27-28(17)6-23-13)10(4)29-9(3)14(30(31)32)8(2)26-29/h5-6,10H,1-4H3. The lowest BCUT2D eigenvalue weighted by Crippen LogP contribution is -2.12. The van der Waals surface area contributed by atoms with Crippen LogP contribution in [-0.2, 0) is 6.18 Å². The Morgan fingerprint density at radius 3 is 2.55 bits per heavy atom. The van der Waals surface area contributed by atoms with Crippen molar-refractivity contribution < 1.29 is 18.1 Å². The van der Waals surface area contributed by atoms with Gasteiger partial charge in [-0.3, -0.25) is 14.8 Å². The van der Waals surface area contributed by atoms with Crippen molar-refractivity contribution in [3.05, 3.63) is 51.0 Å². The van der Waals surface area contributed by atoms with E-state index >= 15 is 0 Å². The Morgan fingerprint density at radius 2 is 1.91 bits per heavy atom. The number of hydrogen-bond acceptors (Lipinski definition) is 8. The highest BCUT2D eigenvalue weighted by Crippen LogP contribution is 2.38. The van der Waals surface area contributed by atoms with E-state index < -0.39 is 22.8 Å². The van der Waals surface area contributed by atoms with Gasteiger partial charge in [-0.1, -0.05) is 0 Å². The SMILES string of the molecule is Cc1nn(C(C)c2nc3c4sc5nc(C(F)(F)F)cc(C)c5c4ncn3n2)c(C)c1[N+](=O)[O-]. The predicted molar refractivity (Wildman–Crippen MR) is 113 cm³/mol. The number of pyridine rings is 1. The zero-order valence-electron chi connectivity index (χ0n) is 17.7. The van der Waals surface area contributed by atoms with E-state index in [4.69, 9.17) is 0 Å². The maximum atomic E-state index is 13.2. The molecule has 5 aromatic heterocycles. The molecule has 33 heavy (non-hydrogen) atoms. The third-order valence-electron chi connectivity index (χ3n) is 5.48. The van der Waals surface area contributed by atoms with Crippen molar-refractivity contribution in [1.82, 2.24) is 34.3 Å². The van der Waals surface area contributed by atoms with E-state index in [1.54, 1.807) is 27.7 Å². The number of aromatic nitrogens is 7. The molecule has 14 heteroatoms. The highest BCUT2D eigenvalue weighted by atomic mass is 32.1. The van der Waals surface area contributed by atoms with Gasteiger partial charge in [0.05, 0.1) is 10.4 Å². The van der Waals surface area contributed by atoms with Crippen molar-refractivity contribution in [1.29, 1.82) is 0 Å². The van der Waals surface area contributed by atoms with Crippen molar-refractivity contribution in [2.45, 2.75) is 39.9 Å². The van der Waals surface area contributed by atoms with Crippen molar-refractivity contribution in [3.8, 4) is 0 Å². The lowest BCUT2D eigenvalue weighted by Gasteiger charge is -2.09. The number of thiophene rings is 1. The van der Waals surface area contributed by atoms with Crippen molar-refractivity contribution in [2.75, 3.05) is 0 Å². The molecule has 0 aliphatic heterocycles. The van der Waals surface area contributed by atoms with Crippen molar-refractivity contribution in [2.24, 2.45) is 0 Å². The Balaban J connectivity index is 1.69. The average Bonchev–Trinajstić information content (AvgIpc) is 3.39. The summed E-state index contributed by atoms with van der Waals surface area (Å²) in [7, 11) is 0. The zero-order valence-corrected chi connectivity index (χ0v) is 18.5. The first kappa shape index (κ1) is 21.2. The van der Waals surface area contributed by atoms with Crippen LogP contribution in [0.4, 0.5) is 18.9 Å². The Morgan fingerprint density at radius 1 is 1.18 bits per heavy atom. The van der Waals surface area contributed by atoms with Gasteiger partial charge in [-0.05, 0) is 39.3 Å². The van der Waals surface area contributed by atoms with Gasteiger partial charge in [0, 0.05) is 5.39 Å². The second kappa shape index (κ2) is 6.91. The number of halogens is 3. The van der Waals surface area contributed by atoms with Crippen LogP contribution in [-0.4, -0.2) is 39.3 Å². The molecular formula is C19H15F3N8O2S. The van der Waals surface area contributed by atoms with Gasteiger partial charge in [-0.15, -0.1) is 16.4 Å². The van der Waals surface area contributed by atoms with Gasteiger partial charge in [-0.2, -0.15) is 18.3 Å². The minimum absolute atomic E-state index is 0.0683. The normalized spacial score (nSPS) is 13.4. The quantitative estimate of drug-likeness (QED) is 0.277. The van der Waals surface area contributed by atoms with Gasteiger partial charge >= 0.3 is 11.9 Å². The van der Waals surface area contributed by atoms with Gasteiger partial charge in [-0.25, -0.2) is 19.5 Å². The lowest BCUT2D eigenvalue weighted by molar-refractivity contribution is -0.386. The second-order valence-electron chi connectivity index (χ2n) is 7.66. The van der Waals surface area contributed by atoms with Crippen LogP contribution in [0.1, 0.15) is 41.4 Å². The second-order valence-corrected chi connectivity index (χ2v) is 8.66. The van der Waals surface area contributed by atoms with Crippen LogP contribution >= 0.6 is 11.3 Å². The summed E-state index contributed by atoms with van der Waals surface area (Å²) in [6, 6.07) is 0.478. The van der Waals surface area contributed by atoms with Crippen LogP contribution < -0.4 is 0 Å². The zero-order chi connectivity index (χ0) is 23.8. The molecule has 0 spiro atoms. The Labute approximate surface area is 186 Å². The fourth-order valence-corrected chi connectivity index (χ4v) is 5.13. The van der Waals surface area contributed by atoms with Gasteiger partial charge < -0.3 is 0 Å². The van der Waals surface area contributed by atoms with E-state index in [1.807, 2.05) is 0 Å². The third-order valence-corrected chi connectivity index (χ3v) is 6.55. The molecule has 0 N–H and O–H groups in total. The molecule has 0 amide bonds. The predicted octanol–water partition coefficient (Wildman–Crippen LogP) is 4.55. The molecule has 0 bridgehead atoms. The van der Waals surface area contributed by atoms with E-state index in [9.17, 15) is 23.3 Å². The first-order valence-corrected chi connectivity index (χ1v) is 10.5. The van der Waals surface area contributed by atoms with Gasteiger partial charge in [0.2, 0.25) is 0 Å². The topological polar surface area (TPSA) is 117 Å². The Kier molecular flexibility index (Phi) is 4.43. The molecule has 1 atom stereocenters. The van der Waals surface area contributed by atoms with E-state index in [-0.39, 0.29) is 16.2 Å². The first-order chi connectivity index (χ1) is 15.5. The molecule has 0 aromatic carbocycles. The highest BCUT2D eigenvalue weighted by Gasteiger charge is 2.34. The van der Waals surface area contributed by atoms with Gasteiger partial charge in [0.25, 0.3) is 0 Å². The number of aryl methyl sites for hydroxylation is 2. The lowest BCUT2D eigenvalue weighted by atomic mass is 10.1. The number of nitro groups is 1. The molecule has 0 saturated heterocycles. The summed E-state index contributed by atoms with van der Waals surface area (Å²) in [6.07, 6.45) is -3.12. The van der Waals surface area contributed by atoms with Crippen LogP contribution in [0.25, 0.3) is 26.1 Å². The summed E-state index contributed by atoms with van der Waals surface area (Å²) in [5, 5.41) is 20.6. The summed E-state index contributed by atoms with van der Waals surface area (Å²) < 4.78 is 43.1. The molecule has 5 aromatic rings. The van der Waals surface area contributed by atoms with E-state index in [2.05, 4.69) is 25.1 Å². The molecule has 10 nitrogen and oxygen atoms in total. The third kappa shape index (κ3) is 3.12. The Hall–Kier alpha value is -3.68. The van der Waals surface area contributed by atoms with Crippen molar-refractivity contribution in [3.63, 3.8) is 0 Å². The molecule has 1 unspecified atom stereocenters.